The van der Waals surface area contributed by atoms with E-state index in [4.69, 9.17) is 22.1 Å². The first-order chi connectivity index (χ1) is 12.1. The number of nitrogens with two attached hydrogens (primary N) is 1. The Kier molecular flexibility index (Phi) is 4.39. The molecule has 2 aromatic rings. The van der Waals surface area contributed by atoms with Crippen molar-refractivity contribution < 1.29 is 4.74 Å². The Morgan fingerprint density at radius 3 is 3.04 bits per heavy atom. The van der Waals surface area contributed by atoms with Crippen molar-refractivity contribution in [2.45, 2.75) is 25.8 Å². The molecule has 6 nitrogen and oxygen atoms in total. The normalized spacial score (nSPS) is 20.1. The van der Waals surface area contributed by atoms with E-state index in [1.54, 1.807) is 0 Å². The lowest BCUT2D eigenvalue weighted by Gasteiger charge is -2.31. The largest absolute Gasteiger partial charge is 0.384 e. The number of ether oxygens (including phenoxy) is 1. The predicted octanol–water partition coefficient (Wildman–Crippen LogP) is 2.96. The van der Waals surface area contributed by atoms with Crippen LogP contribution in [0.2, 0.25) is 5.02 Å². The van der Waals surface area contributed by atoms with Crippen LogP contribution in [-0.4, -0.2) is 36.3 Å². The second kappa shape index (κ2) is 6.69. The van der Waals surface area contributed by atoms with Gasteiger partial charge in [0.1, 0.15) is 5.82 Å². The lowest BCUT2D eigenvalue weighted by molar-refractivity contribution is 0.134. The van der Waals surface area contributed by atoms with Crippen LogP contribution in [0.4, 0.5) is 17.5 Å². The third-order valence-electron chi connectivity index (χ3n) is 4.78. The number of benzene rings is 1. The number of nitrogens with one attached hydrogen (secondary N) is 1. The van der Waals surface area contributed by atoms with Crippen LogP contribution in [0.15, 0.2) is 18.2 Å². The number of hydrogen-bond acceptors (Lipinski definition) is 6. The Hall–Kier alpha value is -2.05. The van der Waals surface area contributed by atoms with Crippen molar-refractivity contribution in [3.8, 4) is 0 Å². The molecule has 25 heavy (non-hydrogen) atoms. The smallest absolute Gasteiger partial charge is 0.222 e. The van der Waals surface area contributed by atoms with E-state index in [1.807, 2.05) is 19.1 Å². The number of nitrogen functional groups attached to an aromatic ring is 1. The van der Waals surface area contributed by atoms with Gasteiger partial charge in [0.25, 0.3) is 0 Å². The van der Waals surface area contributed by atoms with Gasteiger partial charge in [-0.2, -0.15) is 4.98 Å². The number of fused-ring (bicyclic) bond motifs is 1. The third kappa shape index (κ3) is 3.24. The van der Waals surface area contributed by atoms with Gasteiger partial charge in [-0.25, -0.2) is 4.98 Å². The average Bonchev–Trinajstić information content (AvgIpc) is 2.87. The zero-order chi connectivity index (χ0) is 17.4. The van der Waals surface area contributed by atoms with Gasteiger partial charge in [-0.1, -0.05) is 17.7 Å². The predicted molar refractivity (Wildman–Crippen MR) is 100 cm³/mol. The fourth-order valence-electron chi connectivity index (χ4n) is 3.63. The molecule has 1 atom stereocenters. The Morgan fingerprint density at radius 1 is 1.32 bits per heavy atom. The minimum absolute atomic E-state index is 0.00889. The molecule has 0 aliphatic carbocycles. The maximum Gasteiger partial charge on any atom is 0.222 e. The number of hydrogen-bond donors (Lipinski definition) is 2. The average molecular weight is 360 g/mol. The van der Waals surface area contributed by atoms with E-state index in [2.05, 4.69) is 26.3 Å². The van der Waals surface area contributed by atoms with E-state index in [0.29, 0.717) is 12.6 Å². The SMILES string of the molecule is Cc1cc(N2CCCOCC2c2cc3c(cc2Cl)NCC3)nc(N)n1. The highest BCUT2D eigenvalue weighted by molar-refractivity contribution is 6.31. The Bertz CT molecular complexity index is 777. The molecular formula is C18H22ClN5O. The van der Waals surface area contributed by atoms with Crippen molar-refractivity contribution in [2.75, 3.05) is 42.3 Å². The second-order valence-corrected chi connectivity index (χ2v) is 6.98. The van der Waals surface area contributed by atoms with Crippen molar-refractivity contribution in [1.82, 2.24) is 9.97 Å². The quantitative estimate of drug-likeness (QED) is 0.858. The molecule has 0 spiro atoms. The van der Waals surface area contributed by atoms with E-state index in [-0.39, 0.29) is 6.04 Å². The van der Waals surface area contributed by atoms with Crippen LogP contribution >= 0.6 is 11.6 Å². The Labute approximate surface area is 152 Å². The van der Waals surface area contributed by atoms with Crippen LogP contribution in [0, 0.1) is 6.92 Å². The monoisotopic (exact) mass is 359 g/mol. The Morgan fingerprint density at radius 2 is 2.20 bits per heavy atom. The van der Waals surface area contributed by atoms with Gasteiger partial charge in [-0.3, -0.25) is 0 Å². The van der Waals surface area contributed by atoms with Crippen LogP contribution in [-0.2, 0) is 11.2 Å². The molecule has 1 aromatic heterocycles. The number of aryl methyl sites for hydroxylation is 1. The molecule has 1 saturated heterocycles. The maximum atomic E-state index is 6.63. The number of nitrogens with zero attached hydrogens (tertiary/aromatic N) is 3. The Balaban J connectivity index is 1.77. The van der Waals surface area contributed by atoms with Crippen molar-refractivity contribution in [2.24, 2.45) is 0 Å². The van der Waals surface area contributed by atoms with Crippen LogP contribution < -0.4 is 16.0 Å². The summed E-state index contributed by atoms with van der Waals surface area (Å²) in [5, 5.41) is 4.13. The number of halogens is 1. The molecule has 0 radical (unpaired) electrons. The van der Waals surface area contributed by atoms with Crippen LogP contribution in [0.1, 0.15) is 29.3 Å². The fraction of sp³-hybridized carbons (Fsp3) is 0.444. The number of aromatic nitrogens is 2. The third-order valence-corrected chi connectivity index (χ3v) is 5.11. The van der Waals surface area contributed by atoms with E-state index in [0.717, 1.165) is 60.3 Å². The van der Waals surface area contributed by atoms with E-state index < -0.39 is 0 Å². The summed E-state index contributed by atoms with van der Waals surface area (Å²) in [7, 11) is 0. The van der Waals surface area contributed by atoms with Crippen molar-refractivity contribution in [1.29, 1.82) is 0 Å². The minimum atomic E-state index is 0.00889. The summed E-state index contributed by atoms with van der Waals surface area (Å²) >= 11 is 6.63. The molecule has 132 valence electrons. The highest BCUT2D eigenvalue weighted by atomic mass is 35.5. The topological polar surface area (TPSA) is 76.3 Å². The maximum absolute atomic E-state index is 6.63. The molecule has 2 aliphatic heterocycles. The minimum Gasteiger partial charge on any atom is -0.384 e. The summed E-state index contributed by atoms with van der Waals surface area (Å²) in [5.41, 5.74) is 10.3. The molecule has 0 bridgehead atoms. The molecule has 3 N–H and O–H groups in total. The standard InChI is InChI=1S/C18H22ClN5O/c1-11-7-17(23-18(20)22-11)24-5-2-6-25-10-16(24)13-8-12-3-4-21-15(12)9-14(13)19/h7-9,16,21H,2-6,10H2,1H3,(H2,20,22,23). The van der Waals surface area contributed by atoms with E-state index in [1.165, 1.54) is 5.56 Å². The van der Waals surface area contributed by atoms with Gasteiger partial charge in [0.2, 0.25) is 5.95 Å². The first-order valence-electron chi connectivity index (χ1n) is 8.63. The molecule has 1 fully saturated rings. The molecule has 1 unspecified atom stereocenters. The fourth-order valence-corrected chi connectivity index (χ4v) is 3.92. The molecule has 0 amide bonds. The lowest BCUT2D eigenvalue weighted by Crippen LogP contribution is -2.32. The van der Waals surface area contributed by atoms with Gasteiger partial charge < -0.3 is 20.7 Å². The van der Waals surface area contributed by atoms with Gasteiger partial charge in [-0.15, -0.1) is 0 Å². The van der Waals surface area contributed by atoms with Crippen molar-refractivity contribution in [3.63, 3.8) is 0 Å². The lowest BCUT2D eigenvalue weighted by atomic mass is 10.0. The zero-order valence-corrected chi connectivity index (χ0v) is 15.0. The van der Waals surface area contributed by atoms with E-state index in [9.17, 15) is 0 Å². The van der Waals surface area contributed by atoms with Crippen LogP contribution in [0.5, 0.6) is 0 Å². The summed E-state index contributed by atoms with van der Waals surface area (Å²) in [5.74, 6) is 1.12. The van der Waals surface area contributed by atoms with Crippen LogP contribution in [0.25, 0.3) is 0 Å². The molecular weight excluding hydrogens is 338 g/mol. The molecule has 3 heterocycles. The van der Waals surface area contributed by atoms with Crippen LogP contribution in [0.3, 0.4) is 0 Å². The van der Waals surface area contributed by atoms with Gasteiger partial charge in [0.05, 0.1) is 12.6 Å². The summed E-state index contributed by atoms with van der Waals surface area (Å²) in [6.07, 6.45) is 1.95. The van der Waals surface area contributed by atoms with E-state index >= 15 is 0 Å². The number of rotatable bonds is 2. The molecule has 1 aromatic carbocycles. The molecule has 0 saturated carbocycles. The highest BCUT2D eigenvalue weighted by Crippen LogP contribution is 2.37. The molecule has 7 heteroatoms. The van der Waals surface area contributed by atoms with Gasteiger partial charge in [0, 0.05) is 42.2 Å². The van der Waals surface area contributed by atoms with Crippen molar-refractivity contribution >= 4 is 29.1 Å². The first kappa shape index (κ1) is 16.4. The molecule has 4 rings (SSSR count). The number of anilines is 3. The highest BCUT2D eigenvalue weighted by Gasteiger charge is 2.28. The molecule has 2 aliphatic rings. The van der Waals surface area contributed by atoms with Gasteiger partial charge >= 0.3 is 0 Å². The summed E-state index contributed by atoms with van der Waals surface area (Å²) in [6.45, 7) is 5.04. The second-order valence-electron chi connectivity index (χ2n) is 6.57. The van der Waals surface area contributed by atoms with Gasteiger partial charge in [0.15, 0.2) is 0 Å². The zero-order valence-electron chi connectivity index (χ0n) is 14.3. The van der Waals surface area contributed by atoms with Gasteiger partial charge in [-0.05, 0) is 37.0 Å². The summed E-state index contributed by atoms with van der Waals surface area (Å²) in [6, 6.07) is 6.22. The summed E-state index contributed by atoms with van der Waals surface area (Å²) < 4.78 is 5.86. The first-order valence-corrected chi connectivity index (χ1v) is 9.01. The van der Waals surface area contributed by atoms with Crippen molar-refractivity contribution in [3.05, 3.63) is 40.0 Å². The summed E-state index contributed by atoms with van der Waals surface area (Å²) in [4.78, 5) is 10.9.